The number of benzene rings is 2. The lowest BCUT2D eigenvalue weighted by atomic mass is 10.1. The van der Waals surface area contributed by atoms with Crippen LogP contribution in [0.1, 0.15) is 51.3 Å². The van der Waals surface area contributed by atoms with E-state index in [0.717, 1.165) is 24.5 Å². The Balaban J connectivity index is 1.46. The number of carbonyl (C=O) groups is 4. The number of likely N-dealkylation sites (N-methyl/N-ethyl adjacent to an activating group) is 1. The standard InChI is InChI=1S/C24H28N4O4/c1-3-27(4-2)16-14-25-22(30)17-9-11-18(12-10-17)26-21(29)13-15-28-23(31)19-7-5-6-8-20(19)24(28)32/h5-12H,3-4,13-16H2,1-2H3,(H,25,30)(H,26,29)/p+1. The van der Waals surface area contributed by atoms with Crippen molar-refractivity contribution in [2.24, 2.45) is 0 Å². The summed E-state index contributed by atoms with van der Waals surface area (Å²) in [4.78, 5) is 51.8. The van der Waals surface area contributed by atoms with E-state index in [0.29, 0.717) is 28.9 Å². The maximum absolute atomic E-state index is 12.4. The van der Waals surface area contributed by atoms with Crippen molar-refractivity contribution in [3.05, 3.63) is 65.2 Å². The molecular weight excluding hydrogens is 408 g/mol. The monoisotopic (exact) mass is 437 g/mol. The highest BCUT2D eigenvalue weighted by molar-refractivity contribution is 6.21. The summed E-state index contributed by atoms with van der Waals surface area (Å²) < 4.78 is 0. The normalized spacial score (nSPS) is 12.8. The Morgan fingerprint density at radius 2 is 1.50 bits per heavy atom. The summed E-state index contributed by atoms with van der Waals surface area (Å²) in [6, 6.07) is 13.2. The number of hydrogen-bond donors (Lipinski definition) is 3. The van der Waals surface area contributed by atoms with Gasteiger partial charge >= 0.3 is 0 Å². The molecule has 8 heteroatoms. The van der Waals surface area contributed by atoms with E-state index in [2.05, 4.69) is 24.5 Å². The first-order chi connectivity index (χ1) is 15.4. The first-order valence-corrected chi connectivity index (χ1v) is 10.9. The number of anilines is 1. The van der Waals surface area contributed by atoms with E-state index in [-0.39, 0.29) is 36.6 Å². The number of carbonyl (C=O) groups excluding carboxylic acids is 4. The van der Waals surface area contributed by atoms with E-state index >= 15 is 0 Å². The highest BCUT2D eigenvalue weighted by atomic mass is 16.2. The number of fused-ring (bicyclic) bond motifs is 1. The third-order valence-corrected chi connectivity index (χ3v) is 5.64. The number of nitrogens with zero attached hydrogens (tertiary/aromatic N) is 1. The quantitative estimate of drug-likeness (QED) is 0.482. The molecule has 0 bridgehead atoms. The van der Waals surface area contributed by atoms with E-state index in [1.54, 1.807) is 48.5 Å². The molecule has 168 valence electrons. The van der Waals surface area contributed by atoms with Crippen molar-refractivity contribution in [3.8, 4) is 0 Å². The van der Waals surface area contributed by atoms with Crippen molar-refractivity contribution in [2.45, 2.75) is 20.3 Å². The van der Waals surface area contributed by atoms with Crippen molar-refractivity contribution < 1.29 is 24.1 Å². The molecule has 1 aliphatic rings. The van der Waals surface area contributed by atoms with Crippen LogP contribution in [0.4, 0.5) is 5.69 Å². The van der Waals surface area contributed by atoms with Gasteiger partial charge in [0.2, 0.25) is 5.91 Å². The average molecular weight is 438 g/mol. The molecule has 8 nitrogen and oxygen atoms in total. The molecule has 3 N–H and O–H groups in total. The Morgan fingerprint density at radius 1 is 0.906 bits per heavy atom. The number of hydrogen-bond acceptors (Lipinski definition) is 4. The zero-order chi connectivity index (χ0) is 23.1. The molecular formula is C24H29N4O4+. The molecule has 4 amide bonds. The molecule has 0 aromatic heterocycles. The summed E-state index contributed by atoms with van der Waals surface area (Å²) >= 11 is 0. The van der Waals surface area contributed by atoms with Crippen LogP contribution in [0.2, 0.25) is 0 Å². The summed E-state index contributed by atoms with van der Waals surface area (Å²) in [5.41, 5.74) is 1.79. The zero-order valence-electron chi connectivity index (χ0n) is 18.4. The molecule has 0 unspecified atom stereocenters. The molecule has 0 radical (unpaired) electrons. The summed E-state index contributed by atoms with van der Waals surface area (Å²) in [7, 11) is 0. The molecule has 0 spiro atoms. The van der Waals surface area contributed by atoms with Gasteiger partial charge in [-0.05, 0) is 50.2 Å². The second kappa shape index (κ2) is 10.7. The Kier molecular flexibility index (Phi) is 7.72. The molecule has 2 aromatic rings. The number of amides is 4. The molecule has 2 aromatic carbocycles. The van der Waals surface area contributed by atoms with Crippen molar-refractivity contribution in [3.63, 3.8) is 0 Å². The second-order valence-corrected chi connectivity index (χ2v) is 7.65. The smallest absolute Gasteiger partial charge is 0.261 e. The van der Waals surface area contributed by atoms with Crippen LogP contribution < -0.4 is 15.5 Å². The summed E-state index contributed by atoms with van der Waals surface area (Å²) in [6.45, 7) is 7.77. The Bertz CT molecular complexity index is 964. The third-order valence-electron chi connectivity index (χ3n) is 5.64. The highest BCUT2D eigenvalue weighted by Crippen LogP contribution is 2.22. The molecule has 0 saturated heterocycles. The SMILES string of the molecule is CC[NH+](CC)CCNC(=O)c1ccc(NC(=O)CCN2C(=O)c3ccccc3C2=O)cc1. The number of imide groups is 1. The summed E-state index contributed by atoms with van der Waals surface area (Å²) in [6.07, 6.45) is -0.0125. The van der Waals surface area contributed by atoms with Gasteiger partial charge in [-0.25, -0.2) is 0 Å². The van der Waals surface area contributed by atoms with Crippen molar-refractivity contribution in [1.82, 2.24) is 10.2 Å². The van der Waals surface area contributed by atoms with E-state index in [9.17, 15) is 19.2 Å². The minimum atomic E-state index is -0.378. The molecule has 0 fully saturated rings. The minimum Gasteiger partial charge on any atom is -0.346 e. The van der Waals surface area contributed by atoms with E-state index in [1.165, 1.54) is 4.90 Å². The number of quaternary nitrogens is 1. The Labute approximate surface area is 187 Å². The van der Waals surface area contributed by atoms with Gasteiger partial charge in [-0.3, -0.25) is 24.1 Å². The van der Waals surface area contributed by atoms with Gasteiger partial charge in [0.05, 0.1) is 37.3 Å². The van der Waals surface area contributed by atoms with Crippen LogP contribution in [0.5, 0.6) is 0 Å². The van der Waals surface area contributed by atoms with E-state index in [1.807, 2.05) is 0 Å². The van der Waals surface area contributed by atoms with E-state index < -0.39 is 0 Å². The fourth-order valence-corrected chi connectivity index (χ4v) is 3.64. The van der Waals surface area contributed by atoms with Crippen LogP contribution >= 0.6 is 0 Å². The second-order valence-electron chi connectivity index (χ2n) is 7.65. The predicted molar refractivity (Wildman–Crippen MR) is 121 cm³/mol. The Hall–Kier alpha value is -3.52. The number of nitrogens with one attached hydrogen (secondary N) is 3. The molecule has 0 saturated carbocycles. The predicted octanol–water partition coefficient (Wildman–Crippen LogP) is 0.966. The average Bonchev–Trinajstić information content (AvgIpc) is 3.05. The molecule has 0 atom stereocenters. The van der Waals surface area contributed by atoms with Gasteiger partial charge in [-0.15, -0.1) is 0 Å². The first kappa shape index (κ1) is 23.1. The zero-order valence-corrected chi connectivity index (χ0v) is 18.4. The van der Waals surface area contributed by atoms with Crippen molar-refractivity contribution in [1.29, 1.82) is 0 Å². The largest absolute Gasteiger partial charge is 0.346 e. The van der Waals surface area contributed by atoms with Crippen LogP contribution in [-0.4, -0.2) is 61.3 Å². The van der Waals surface area contributed by atoms with Crippen LogP contribution in [0, 0.1) is 0 Å². The van der Waals surface area contributed by atoms with Gasteiger partial charge in [-0.1, -0.05) is 12.1 Å². The van der Waals surface area contributed by atoms with Crippen LogP contribution in [0.3, 0.4) is 0 Å². The van der Waals surface area contributed by atoms with Gasteiger partial charge in [0.15, 0.2) is 0 Å². The van der Waals surface area contributed by atoms with E-state index in [4.69, 9.17) is 0 Å². The molecule has 32 heavy (non-hydrogen) atoms. The lowest BCUT2D eigenvalue weighted by molar-refractivity contribution is -0.895. The summed E-state index contributed by atoms with van der Waals surface area (Å²) in [5.74, 6) is -1.23. The lowest BCUT2D eigenvalue weighted by Gasteiger charge is -2.15. The molecule has 1 heterocycles. The molecule has 0 aliphatic carbocycles. The van der Waals surface area contributed by atoms with Gasteiger partial charge in [0.1, 0.15) is 0 Å². The topological polar surface area (TPSA) is 100 Å². The van der Waals surface area contributed by atoms with Crippen molar-refractivity contribution in [2.75, 3.05) is 38.0 Å². The first-order valence-electron chi connectivity index (χ1n) is 10.9. The fraction of sp³-hybridized carbons (Fsp3) is 0.333. The van der Waals surface area contributed by atoms with Crippen molar-refractivity contribution >= 4 is 29.3 Å². The van der Waals surface area contributed by atoms with Crippen LogP contribution in [-0.2, 0) is 4.79 Å². The molecule has 3 rings (SSSR count). The van der Waals surface area contributed by atoms with Gasteiger partial charge in [0, 0.05) is 24.2 Å². The number of rotatable bonds is 10. The van der Waals surface area contributed by atoms with Crippen LogP contribution in [0.25, 0.3) is 0 Å². The van der Waals surface area contributed by atoms with Gasteiger partial charge in [0.25, 0.3) is 17.7 Å². The third kappa shape index (κ3) is 5.39. The van der Waals surface area contributed by atoms with Gasteiger partial charge < -0.3 is 15.5 Å². The lowest BCUT2D eigenvalue weighted by Crippen LogP contribution is -3.12. The highest BCUT2D eigenvalue weighted by Gasteiger charge is 2.34. The fourth-order valence-electron chi connectivity index (χ4n) is 3.64. The van der Waals surface area contributed by atoms with Crippen LogP contribution in [0.15, 0.2) is 48.5 Å². The maximum Gasteiger partial charge on any atom is 0.261 e. The van der Waals surface area contributed by atoms with Gasteiger partial charge in [-0.2, -0.15) is 0 Å². The summed E-state index contributed by atoms with van der Waals surface area (Å²) in [5, 5.41) is 5.64. The Morgan fingerprint density at radius 3 is 2.06 bits per heavy atom. The minimum absolute atomic E-state index is 0.00714. The molecule has 1 aliphatic heterocycles. The maximum atomic E-state index is 12.4.